The van der Waals surface area contributed by atoms with Gasteiger partial charge in [-0.15, -0.1) is 0 Å². The van der Waals surface area contributed by atoms with Crippen LogP contribution in [0.25, 0.3) is 33.1 Å². The van der Waals surface area contributed by atoms with Crippen molar-refractivity contribution in [2.45, 2.75) is 6.92 Å². The smallest absolute Gasteiger partial charge is 0.336 e. The maximum absolute atomic E-state index is 11.8. The van der Waals surface area contributed by atoms with Crippen LogP contribution in [0.4, 0.5) is 0 Å². The first kappa shape index (κ1) is 14.3. The molecule has 0 aliphatic rings. The number of benzene rings is 2. The number of carbonyl (C=O) groups excluding carboxylic acids is 1. The lowest BCUT2D eigenvalue weighted by Gasteiger charge is -2.05. The van der Waals surface area contributed by atoms with Gasteiger partial charge in [0.25, 0.3) is 0 Å². The number of carboxylic acids is 1. The Kier molecular flexibility index (Phi) is 3.03. The SMILES string of the molecule is Cc1cc(=O)oc2c1ccc1oc(C(=O)[O-])c(-c3ccccc3)c12. The Morgan fingerprint density at radius 3 is 2.50 bits per heavy atom. The van der Waals surface area contributed by atoms with E-state index in [1.807, 2.05) is 6.07 Å². The van der Waals surface area contributed by atoms with Crippen molar-refractivity contribution in [2.24, 2.45) is 0 Å². The largest absolute Gasteiger partial charge is 0.542 e. The summed E-state index contributed by atoms with van der Waals surface area (Å²) in [6.45, 7) is 1.80. The summed E-state index contributed by atoms with van der Waals surface area (Å²) in [5.41, 5.74) is 1.89. The molecule has 0 aliphatic heterocycles. The summed E-state index contributed by atoms with van der Waals surface area (Å²) in [5.74, 6) is -1.71. The zero-order valence-corrected chi connectivity index (χ0v) is 12.7. The third-order valence-electron chi connectivity index (χ3n) is 4.02. The number of furan rings is 1. The number of rotatable bonds is 2. The van der Waals surface area contributed by atoms with Gasteiger partial charge in [0.1, 0.15) is 17.1 Å². The number of hydrogen-bond acceptors (Lipinski definition) is 5. The molecule has 5 nitrogen and oxygen atoms in total. The molecule has 0 unspecified atom stereocenters. The lowest BCUT2D eigenvalue weighted by atomic mass is 9.99. The van der Waals surface area contributed by atoms with Crippen molar-refractivity contribution in [1.29, 1.82) is 0 Å². The summed E-state index contributed by atoms with van der Waals surface area (Å²) in [6, 6.07) is 13.8. The van der Waals surface area contributed by atoms with Crippen LogP contribution in [0.2, 0.25) is 0 Å². The minimum absolute atomic E-state index is 0.284. The standard InChI is InChI=1S/C19H12O5/c1-10-9-14(20)24-17-12(10)7-8-13-16(17)15(18(23-13)19(21)22)11-5-3-2-4-6-11/h2-9H,1H3,(H,21,22)/p-1. The molecule has 0 atom stereocenters. The van der Waals surface area contributed by atoms with E-state index in [9.17, 15) is 14.7 Å². The maximum atomic E-state index is 11.8. The van der Waals surface area contributed by atoms with Crippen LogP contribution in [-0.2, 0) is 0 Å². The fourth-order valence-electron chi connectivity index (χ4n) is 2.99. The Bertz CT molecular complexity index is 1150. The van der Waals surface area contributed by atoms with Crippen LogP contribution >= 0.6 is 0 Å². The highest BCUT2D eigenvalue weighted by molar-refractivity contribution is 6.15. The second-order valence-corrected chi connectivity index (χ2v) is 5.52. The van der Waals surface area contributed by atoms with Crippen molar-refractivity contribution in [3.05, 3.63) is 70.3 Å². The number of aromatic carboxylic acids is 1. The Morgan fingerprint density at radius 2 is 1.79 bits per heavy atom. The van der Waals surface area contributed by atoms with Crippen LogP contribution in [0.1, 0.15) is 16.1 Å². The average Bonchev–Trinajstić information content (AvgIpc) is 2.95. The van der Waals surface area contributed by atoms with Crippen LogP contribution in [0, 0.1) is 6.92 Å². The lowest BCUT2D eigenvalue weighted by Crippen LogP contribution is -2.22. The molecule has 0 saturated heterocycles. The third kappa shape index (κ3) is 2.02. The van der Waals surface area contributed by atoms with E-state index in [2.05, 4.69) is 0 Å². The molecule has 0 N–H and O–H groups in total. The summed E-state index contributed by atoms with van der Waals surface area (Å²) >= 11 is 0. The average molecular weight is 319 g/mol. The van der Waals surface area contributed by atoms with E-state index in [-0.39, 0.29) is 5.76 Å². The molecule has 2 aromatic carbocycles. The van der Waals surface area contributed by atoms with Crippen LogP contribution in [-0.4, -0.2) is 5.97 Å². The van der Waals surface area contributed by atoms with E-state index in [1.54, 1.807) is 43.3 Å². The van der Waals surface area contributed by atoms with Crippen LogP contribution < -0.4 is 10.7 Å². The Morgan fingerprint density at radius 1 is 1.04 bits per heavy atom. The number of fused-ring (bicyclic) bond motifs is 3. The summed E-state index contributed by atoms with van der Waals surface area (Å²) in [4.78, 5) is 23.3. The molecule has 0 spiro atoms. The van der Waals surface area contributed by atoms with E-state index in [4.69, 9.17) is 8.83 Å². The van der Waals surface area contributed by atoms with E-state index < -0.39 is 11.6 Å². The molecule has 5 heteroatoms. The first-order chi connectivity index (χ1) is 11.6. The topological polar surface area (TPSA) is 83.5 Å². The minimum atomic E-state index is -1.42. The molecule has 0 aliphatic carbocycles. The fourth-order valence-corrected chi connectivity index (χ4v) is 2.99. The van der Waals surface area contributed by atoms with Gasteiger partial charge in [0, 0.05) is 17.0 Å². The van der Waals surface area contributed by atoms with Gasteiger partial charge in [-0.2, -0.15) is 0 Å². The van der Waals surface area contributed by atoms with Crippen LogP contribution in [0.3, 0.4) is 0 Å². The van der Waals surface area contributed by atoms with Gasteiger partial charge in [0.2, 0.25) is 0 Å². The quantitative estimate of drug-likeness (QED) is 0.530. The predicted octanol–water partition coefficient (Wildman–Crippen LogP) is 2.88. The molecule has 0 radical (unpaired) electrons. The van der Waals surface area contributed by atoms with Gasteiger partial charge in [-0.05, 0) is 30.2 Å². The molecule has 0 saturated carbocycles. The Hall–Kier alpha value is -3.34. The zero-order valence-electron chi connectivity index (χ0n) is 12.7. The molecule has 4 rings (SSSR count). The molecule has 0 fully saturated rings. The summed E-state index contributed by atoms with van der Waals surface area (Å²) in [5, 5.41) is 12.7. The van der Waals surface area contributed by atoms with E-state index in [0.717, 1.165) is 10.9 Å². The molecule has 0 amide bonds. The molecule has 2 aromatic heterocycles. The second-order valence-electron chi connectivity index (χ2n) is 5.52. The number of carboxylic acid groups (broad SMARTS) is 1. The molecule has 118 valence electrons. The van der Waals surface area contributed by atoms with Gasteiger partial charge in [0.05, 0.1) is 5.39 Å². The highest BCUT2D eigenvalue weighted by Crippen LogP contribution is 2.39. The van der Waals surface area contributed by atoms with Gasteiger partial charge < -0.3 is 18.7 Å². The molecular weight excluding hydrogens is 308 g/mol. The van der Waals surface area contributed by atoms with Crippen molar-refractivity contribution in [3.63, 3.8) is 0 Å². The number of carbonyl (C=O) groups is 1. The second kappa shape index (κ2) is 5.09. The molecule has 2 heterocycles. The molecule has 4 aromatic rings. The van der Waals surface area contributed by atoms with Crippen molar-refractivity contribution < 1.29 is 18.7 Å². The Balaban J connectivity index is 2.27. The monoisotopic (exact) mass is 319 g/mol. The maximum Gasteiger partial charge on any atom is 0.336 e. The highest BCUT2D eigenvalue weighted by atomic mass is 16.4. The third-order valence-corrected chi connectivity index (χ3v) is 4.02. The Labute approximate surface area is 135 Å². The van der Waals surface area contributed by atoms with E-state index in [1.165, 1.54) is 6.07 Å². The normalized spacial score (nSPS) is 11.2. The van der Waals surface area contributed by atoms with Crippen molar-refractivity contribution in [2.75, 3.05) is 0 Å². The minimum Gasteiger partial charge on any atom is -0.542 e. The summed E-state index contributed by atoms with van der Waals surface area (Å²) in [7, 11) is 0. The highest BCUT2D eigenvalue weighted by Gasteiger charge is 2.21. The van der Waals surface area contributed by atoms with Crippen molar-refractivity contribution >= 4 is 27.9 Å². The first-order valence-corrected chi connectivity index (χ1v) is 7.33. The molecular formula is C19H11O5-. The lowest BCUT2D eigenvalue weighted by molar-refractivity contribution is -0.256. The fraction of sp³-hybridized carbons (Fsp3) is 0.0526. The van der Waals surface area contributed by atoms with Gasteiger partial charge in [-0.25, -0.2) is 4.79 Å². The zero-order chi connectivity index (χ0) is 16.8. The molecule has 24 heavy (non-hydrogen) atoms. The molecule has 0 bridgehead atoms. The summed E-state index contributed by atoms with van der Waals surface area (Å²) in [6.07, 6.45) is 0. The van der Waals surface area contributed by atoms with Gasteiger partial charge in [-0.3, -0.25) is 0 Å². The van der Waals surface area contributed by atoms with Crippen molar-refractivity contribution in [1.82, 2.24) is 0 Å². The van der Waals surface area contributed by atoms with Gasteiger partial charge >= 0.3 is 5.63 Å². The number of hydrogen-bond donors (Lipinski definition) is 0. The van der Waals surface area contributed by atoms with E-state index >= 15 is 0 Å². The number of aryl methyl sites for hydroxylation is 1. The first-order valence-electron chi connectivity index (χ1n) is 7.33. The van der Waals surface area contributed by atoms with Crippen LogP contribution in [0.15, 0.2) is 62.2 Å². The van der Waals surface area contributed by atoms with Gasteiger partial charge in [0.15, 0.2) is 5.76 Å². The van der Waals surface area contributed by atoms with E-state index in [0.29, 0.717) is 27.7 Å². The van der Waals surface area contributed by atoms with Gasteiger partial charge in [-0.1, -0.05) is 30.3 Å². The summed E-state index contributed by atoms with van der Waals surface area (Å²) < 4.78 is 10.9. The predicted molar refractivity (Wildman–Crippen MR) is 86.8 cm³/mol. The van der Waals surface area contributed by atoms with Crippen LogP contribution in [0.5, 0.6) is 0 Å². The van der Waals surface area contributed by atoms with Crippen molar-refractivity contribution in [3.8, 4) is 11.1 Å².